The van der Waals surface area contributed by atoms with Crippen LogP contribution in [0.4, 0.5) is 8.78 Å². The maximum Gasteiger partial charge on any atom is 0.169 e. The number of hydrogen-bond donors (Lipinski definition) is 0. The Balaban J connectivity index is 2.61. The van der Waals surface area contributed by atoms with E-state index in [9.17, 15) is 13.6 Å². The lowest BCUT2D eigenvalue weighted by Gasteiger charge is -2.20. The molecule has 2 nitrogen and oxygen atoms in total. The summed E-state index contributed by atoms with van der Waals surface area (Å²) in [7, 11) is 0. The van der Waals surface area contributed by atoms with Crippen LogP contribution in [-0.2, 0) is 0 Å². The van der Waals surface area contributed by atoms with Crippen molar-refractivity contribution in [2.45, 2.75) is 33.1 Å². The van der Waals surface area contributed by atoms with Crippen LogP contribution in [0.15, 0.2) is 18.2 Å². The molecule has 0 aliphatic rings. The fraction of sp³-hybridized carbons (Fsp3) is 0.533. The van der Waals surface area contributed by atoms with Gasteiger partial charge >= 0.3 is 0 Å². The summed E-state index contributed by atoms with van der Waals surface area (Å²) < 4.78 is 26.5. The van der Waals surface area contributed by atoms with E-state index < -0.39 is 11.6 Å². The van der Waals surface area contributed by atoms with Gasteiger partial charge in [-0.25, -0.2) is 8.78 Å². The van der Waals surface area contributed by atoms with Gasteiger partial charge in [-0.1, -0.05) is 19.9 Å². The predicted molar refractivity (Wildman–Crippen MR) is 72.3 cm³/mol. The molecule has 0 aliphatic carbocycles. The standard InChI is InChI=1S/C15H21F2NO/c1-3-9-18(10-4-2)11-8-14(19)12-6-5-7-13(16)15(12)17/h5-7H,3-4,8-11H2,1-2H3. The summed E-state index contributed by atoms with van der Waals surface area (Å²) in [5.41, 5.74) is -0.145. The van der Waals surface area contributed by atoms with Crippen LogP contribution in [0.1, 0.15) is 43.5 Å². The molecule has 0 heterocycles. The van der Waals surface area contributed by atoms with Gasteiger partial charge in [0.1, 0.15) is 0 Å². The summed E-state index contributed by atoms with van der Waals surface area (Å²) in [6.45, 7) is 6.60. The van der Waals surface area contributed by atoms with Crippen LogP contribution in [0.5, 0.6) is 0 Å². The number of Topliss-reactive ketones (excluding diaryl/α,β-unsaturated/α-hetero) is 1. The molecule has 106 valence electrons. The third kappa shape index (κ3) is 4.71. The Kier molecular flexibility index (Phi) is 6.64. The predicted octanol–water partition coefficient (Wildman–Crippen LogP) is 3.66. The van der Waals surface area contributed by atoms with Crippen molar-refractivity contribution in [1.29, 1.82) is 0 Å². The van der Waals surface area contributed by atoms with Gasteiger partial charge in [-0.2, -0.15) is 0 Å². The maximum absolute atomic E-state index is 13.5. The number of rotatable bonds is 8. The van der Waals surface area contributed by atoms with Gasteiger partial charge in [0.25, 0.3) is 0 Å². The van der Waals surface area contributed by atoms with E-state index in [4.69, 9.17) is 0 Å². The quantitative estimate of drug-likeness (QED) is 0.671. The first kappa shape index (κ1) is 15.8. The zero-order valence-corrected chi connectivity index (χ0v) is 11.6. The minimum atomic E-state index is -1.04. The Hall–Kier alpha value is -1.29. The van der Waals surface area contributed by atoms with Crippen molar-refractivity contribution in [3.8, 4) is 0 Å². The number of ketones is 1. The highest BCUT2D eigenvalue weighted by Gasteiger charge is 2.15. The van der Waals surface area contributed by atoms with Crippen LogP contribution >= 0.6 is 0 Å². The summed E-state index contributed by atoms with van der Waals surface area (Å²) >= 11 is 0. The molecule has 0 N–H and O–H groups in total. The summed E-state index contributed by atoms with van der Waals surface area (Å²) in [6, 6.07) is 3.72. The van der Waals surface area contributed by atoms with Crippen molar-refractivity contribution in [2.24, 2.45) is 0 Å². The molecule has 0 aliphatic heterocycles. The van der Waals surface area contributed by atoms with Crippen LogP contribution in [0, 0.1) is 11.6 Å². The SMILES string of the molecule is CCCN(CCC)CCC(=O)c1cccc(F)c1F. The molecule has 1 rings (SSSR count). The van der Waals surface area contributed by atoms with E-state index in [2.05, 4.69) is 18.7 Å². The highest BCUT2D eigenvalue weighted by Crippen LogP contribution is 2.13. The molecule has 0 spiro atoms. The molecule has 0 saturated carbocycles. The molecule has 0 unspecified atom stereocenters. The van der Waals surface area contributed by atoms with Gasteiger partial charge in [0, 0.05) is 13.0 Å². The molecule has 0 radical (unpaired) electrons. The number of halogens is 2. The first-order valence-electron chi connectivity index (χ1n) is 6.79. The van der Waals surface area contributed by atoms with Crippen molar-refractivity contribution in [3.05, 3.63) is 35.4 Å². The van der Waals surface area contributed by atoms with Gasteiger partial charge in [-0.15, -0.1) is 0 Å². The first-order valence-corrected chi connectivity index (χ1v) is 6.79. The normalized spacial score (nSPS) is 11.0. The fourth-order valence-corrected chi connectivity index (χ4v) is 2.08. The van der Waals surface area contributed by atoms with Crippen molar-refractivity contribution in [3.63, 3.8) is 0 Å². The second kappa shape index (κ2) is 8.00. The molecule has 19 heavy (non-hydrogen) atoms. The Morgan fingerprint density at radius 2 is 1.74 bits per heavy atom. The van der Waals surface area contributed by atoms with E-state index in [1.807, 2.05) is 0 Å². The third-order valence-electron chi connectivity index (χ3n) is 2.99. The lowest BCUT2D eigenvalue weighted by atomic mass is 10.1. The Bertz CT molecular complexity index is 415. The van der Waals surface area contributed by atoms with E-state index in [0.29, 0.717) is 6.54 Å². The lowest BCUT2D eigenvalue weighted by molar-refractivity contribution is 0.0959. The molecule has 0 atom stereocenters. The van der Waals surface area contributed by atoms with Gasteiger partial charge in [0.2, 0.25) is 0 Å². The summed E-state index contributed by atoms with van der Waals surface area (Å²) in [5.74, 6) is -2.34. The van der Waals surface area contributed by atoms with Crippen molar-refractivity contribution in [2.75, 3.05) is 19.6 Å². The van der Waals surface area contributed by atoms with E-state index in [-0.39, 0.29) is 17.8 Å². The van der Waals surface area contributed by atoms with E-state index in [1.54, 1.807) is 0 Å². The molecular formula is C15H21F2NO. The Morgan fingerprint density at radius 3 is 2.32 bits per heavy atom. The second-order valence-corrected chi connectivity index (χ2v) is 4.62. The zero-order valence-electron chi connectivity index (χ0n) is 11.6. The average Bonchev–Trinajstić information content (AvgIpc) is 2.39. The Labute approximate surface area is 113 Å². The number of nitrogens with zero attached hydrogens (tertiary/aromatic N) is 1. The smallest absolute Gasteiger partial charge is 0.169 e. The van der Waals surface area contributed by atoms with Gasteiger partial charge in [-0.05, 0) is 38.1 Å². The number of carbonyl (C=O) groups is 1. The molecular weight excluding hydrogens is 248 g/mol. The van der Waals surface area contributed by atoms with Crippen molar-refractivity contribution in [1.82, 2.24) is 4.90 Å². The highest BCUT2D eigenvalue weighted by molar-refractivity contribution is 5.96. The first-order chi connectivity index (χ1) is 9.10. The summed E-state index contributed by atoms with van der Waals surface area (Å²) in [5, 5.41) is 0. The van der Waals surface area contributed by atoms with Gasteiger partial charge in [0.05, 0.1) is 5.56 Å². The summed E-state index contributed by atoms with van der Waals surface area (Å²) in [6.07, 6.45) is 2.26. The zero-order chi connectivity index (χ0) is 14.3. The molecule has 0 amide bonds. The number of benzene rings is 1. The van der Waals surface area contributed by atoms with Gasteiger partial charge in [-0.3, -0.25) is 4.79 Å². The van der Waals surface area contributed by atoms with Crippen LogP contribution in [0.2, 0.25) is 0 Å². The number of hydrogen-bond acceptors (Lipinski definition) is 2. The van der Waals surface area contributed by atoms with Crippen LogP contribution < -0.4 is 0 Å². The van der Waals surface area contributed by atoms with E-state index >= 15 is 0 Å². The maximum atomic E-state index is 13.5. The molecule has 1 aromatic rings. The molecule has 0 aromatic heterocycles. The largest absolute Gasteiger partial charge is 0.303 e. The monoisotopic (exact) mass is 269 g/mol. The Morgan fingerprint density at radius 1 is 1.11 bits per heavy atom. The lowest BCUT2D eigenvalue weighted by Crippen LogP contribution is -2.28. The topological polar surface area (TPSA) is 20.3 Å². The molecule has 4 heteroatoms. The number of carbonyl (C=O) groups excluding carboxylic acids is 1. The van der Waals surface area contributed by atoms with E-state index in [1.165, 1.54) is 12.1 Å². The minimum Gasteiger partial charge on any atom is -0.303 e. The van der Waals surface area contributed by atoms with Crippen LogP contribution in [0.3, 0.4) is 0 Å². The van der Waals surface area contributed by atoms with Gasteiger partial charge < -0.3 is 4.90 Å². The van der Waals surface area contributed by atoms with Crippen LogP contribution in [-0.4, -0.2) is 30.3 Å². The fourth-order valence-electron chi connectivity index (χ4n) is 2.08. The second-order valence-electron chi connectivity index (χ2n) is 4.62. The van der Waals surface area contributed by atoms with Gasteiger partial charge in [0.15, 0.2) is 17.4 Å². The van der Waals surface area contributed by atoms with E-state index in [0.717, 1.165) is 32.0 Å². The highest BCUT2D eigenvalue weighted by atomic mass is 19.2. The molecule has 0 saturated heterocycles. The summed E-state index contributed by atoms with van der Waals surface area (Å²) in [4.78, 5) is 14.1. The van der Waals surface area contributed by atoms with Crippen LogP contribution in [0.25, 0.3) is 0 Å². The molecule has 0 fully saturated rings. The molecule has 1 aromatic carbocycles. The third-order valence-corrected chi connectivity index (χ3v) is 2.99. The van der Waals surface area contributed by atoms with Crippen molar-refractivity contribution < 1.29 is 13.6 Å². The average molecular weight is 269 g/mol. The molecule has 0 bridgehead atoms. The minimum absolute atomic E-state index is 0.145. The van der Waals surface area contributed by atoms with Crippen molar-refractivity contribution >= 4 is 5.78 Å².